The van der Waals surface area contributed by atoms with Crippen molar-refractivity contribution in [3.8, 4) is 5.75 Å². The van der Waals surface area contributed by atoms with Crippen LogP contribution in [0.25, 0.3) is 0 Å². The third-order valence-corrected chi connectivity index (χ3v) is 2.31. The van der Waals surface area contributed by atoms with Crippen LogP contribution in [0.15, 0.2) is 18.2 Å². The second-order valence-corrected chi connectivity index (χ2v) is 3.94. The summed E-state index contributed by atoms with van der Waals surface area (Å²) in [5.74, 6) is 0.407. The molecule has 2 N–H and O–H groups in total. The minimum Gasteiger partial charge on any atom is -0.493 e. The monoisotopic (exact) mass is 267 g/mol. The molecule has 0 saturated carbocycles. The average Bonchev–Trinajstić information content (AvgIpc) is 2.20. The Balaban J connectivity index is 2.63. The first-order valence-corrected chi connectivity index (χ1v) is 5.48. The minimum atomic E-state index is -4.21. The molecule has 0 aliphatic heterocycles. The van der Waals surface area contributed by atoms with Gasteiger partial charge in [0.1, 0.15) is 5.75 Å². The van der Waals surface area contributed by atoms with Crippen LogP contribution < -0.4 is 10.5 Å². The lowest BCUT2D eigenvalue weighted by atomic mass is 10.1. The third kappa shape index (κ3) is 5.28. The normalized spacial score (nSPS) is 11.6. The zero-order valence-corrected chi connectivity index (χ0v) is 9.81. The highest BCUT2D eigenvalue weighted by molar-refractivity contribution is 6.30. The molecule has 0 aliphatic rings. The van der Waals surface area contributed by atoms with E-state index in [4.69, 9.17) is 22.1 Å². The van der Waals surface area contributed by atoms with E-state index >= 15 is 0 Å². The van der Waals surface area contributed by atoms with Crippen LogP contribution in [0.2, 0.25) is 5.02 Å². The molecule has 1 aromatic rings. The first kappa shape index (κ1) is 14.1. The summed E-state index contributed by atoms with van der Waals surface area (Å²) >= 11 is 5.78. The number of halogens is 4. The highest BCUT2D eigenvalue weighted by Crippen LogP contribution is 2.25. The van der Waals surface area contributed by atoms with Crippen LogP contribution in [0.1, 0.15) is 12.0 Å². The van der Waals surface area contributed by atoms with Crippen LogP contribution in [0.5, 0.6) is 5.75 Å². The van der Waals surface area contributed by atoms with Crippen LogP contribution in [0.3, 0.4) is 0 Å². The average molecular weight is 268 g/mol. The molecular formula is C11H13ClF3NO. The number of alkyl halides is 3. The van der Waals surface area contributed by atoms with E-state index in [9.17, 15) is 13.2 Å². The van der Waals surface area contributed by atoms with Crippen molar-refractivity contribution in [2.75, 3.05) is 13.2 Å². The number of benzene rings is 1. The van der Waals surface area contributed by atoms with Gasteiger partial charge in [-0.25, -0.2) is 0 Å². The first-order valence-electron chi connectivity index (χ1n) is 5.10. The van der Waals surface area contributed by atoms with Gasteiger partial charge in [-0.05, 0) is 36.7 Å². The van der Waals surface area contributed by atoms with Gasteiger partial charge in [0.05, 0.1) is 13.0 Å². The van der Waals surface area contributed by atoms with Crippen molar-refractivity contribution >= 4 is 11.6 Å². The van der Waals surface area contributed by atoms with Gasteiger partial charge in [0, 0.05) is 5.02 Å². The molecule has 0 atom stereocenters. The quantitative estimate of drug-likeness (QED) is 0.889. The summed E-state index contributed by atoms with van der Waals surface area (Å²) in [5, 5.41) is 0.511. The van der Waals surface area contributed by atoms with Gasteiger partial charge in [0.15, 0.2) is 0 Å². The summed E-state index contributed by atoms with van der Waals surface area (Å²) in [6, 6.07) is 4.78. The van der Waals surface area contributed by atoms with E-state index in [0.29, 0.717) is 23.7 Å². The summed E-state index contributed by atoms with van der Waals surface area (Å²) in [6.45, 7) is -0.0152. The molecule has 0 radical (unpaired) electrons. The molecule has 1 rings (SSSR count). The molecule has 2 nitrogen and oxygen atoms in total. The van der Waals surface area contributed by atoms with Gasteiger partial charge in [-0.15, -0.1) is 0 Å². The number of hydrogen-bond donors (Lipinski definition) is 1. The Morgan fingerprint density at radius 3 is 2.59 bits per heavy atom. The Labute approximate surface area is 103 Å². The van der Waals surface area contributed by atoms with Gasteiger partial charge in [-0.2, -0.15) is 13.2 Å². The minimum absolute atomic E-state index is 0.385. The van der Waals surface area contributed by atoms with Crippen LogP contribution in [0, 0.1) is 0 Å². The summed E-state index contributed by atoms with van der Waals surface area (Å²) in [6.07, 6.45) is -4.67. The molecule has 17 heavy (non-hydrogen) atoms. The summed E-state index contributed by atoms with van der Waals surface area (Å²) in [5.41, 5.74) is 6.12. The van der Waals surface area contributed by atoms with Gasteiger partial charge >= 0.3 is 6.18 Å². The highest BCUT2D eigenvalue weighted by Gasteiger charge is 2.26. The van der Waals surface area contributed by atoms with Crippen molar-refractivity contribution in [2.24, 2.45) is 5.73 Å². The zero-order valence-electron chi connectivity index (χ0n) is 9.06. The van der Waals surface area contributed by atoms with Crippen LogP contribution in [-0.2, 0) is 6.42 Å². The lowest BCUT2D eigenvalue weighted by Crippen LogP contribution is -2.14. The van der Waals surface area contributed by atoms with Gasteiger partial charge in [-0.1, -0.05) is 11.6 Å². The maximum absolute atomic E-state index is 11.9. The largest absolute Gasteiger partial charge is 0.493 e. The maximum Gasteiger partial charge on any atom is 0.392 e. The Hall–Kier alpha value is -0.940. The van der Waals surface area contributed by atoms with Crippen molar-refractivity contribution in [1.29, 1.82) is 0 Å². The van der Waals surface area contributed by atoms with E-state index in [1.807, 2.05) is 0 Å². The molecule has 0 heterocycles. The Bertz CT molecular complexity index is 368. The van der Waals surface area contributed by atoms with Gasteiger partial charge in [-0.3, -0.25) is 0 Å². The van der Waals surface area contributed by atoms with Crippen molar-refractivity contribution < 1.29 is 17.9 Å². The van der Waals surface area contributed by atoms with Crippen LogP contribution in [-0.4, -0.2) is 19.3 Å². The lowest BCUT2D eigenvalue weighted by molar-refractivity contribution is -0.139. The van der Waals surface area contributed by atoms with Crippen molar-refractivity contribution in [3.63, 3.8) is 0 Å². The van der Waals surface area contributed by atoms with E-state index < -0.39 is 19.2 Å². The molecule has 0 aromatic heterocycles. The van der Waals surface area contributed by atoms with E-state index in [1.54, 1.807) is 18.2 Å². The Morgan fingerprint density at radius 1 is 1.29 bits per heavy atom. The number of hydrogen-bond acceptors (Lipinski definition) is 2. The predicted octanol–water partition coefficient (Wildman–Crippen LogP) is 3.17. The van der Waals surface area contributed by atoms with Crippen molar-refractivity contribution in [1.82, 2.24) is 0 Å². The van der Waals surface area contributed by atoms with Crippen LogP contribution in [0.4, 0.5) is 13.2 Å². The molecule has 0 amide bonds. The molecule has 96 valence electrons. The second kappa shape index (κ2) is 6.12. The van der Waals surface area contributed by atoms with E-state index in [-0.39, 0.29) is 0 Å². The molecule has 1 aromatic carbocycles. The topological polar surface area (TPSA) is 35.2 Å². The summed E-state index contributed by atoms with van der Waals surface area (Å²) < 4.78 is 40.9. The molecular weight excluding hydrogens is 255 g/mol. The number of rotatable bonds is 5. The fraction of sp³-hybridized carbons (Fsp3) is 0.455. The van der Waals surface area contributed by atoms with E-state index in [2.05, 4.69) is 0 Å². The molecule has 6 heteroatoms. The fourth-order valence-electron chi connectivity index (χ4n) is 1.32. The van der Waals surface area contributed by atoms with Crippen molar-refractivity contribution in [2.45, 2.75) is 19.0 Å². The number of nitrogens with two attached hydrogens (primary N) is 1. The predicted molar refractivity (Wildman–Crippen MR) is 60.4 cm³/mol. The van der Waals surface area contributed by atoms with Gasteiger partial charge < -0.3 is 10.5 Å². The highest BCUT2D eigenvalue weighted by atomic mass is 35.5. The van der Waals surface area contributed by atoms with Crippen LogP contribution >= 0.6 is 11.6 Å². The Kier molecular flexibility index (Phi) is 5.08. The molecule has 0 aliphatic carbocycles. The zero-order chi connectivity index (χ0) is 12.9. The van der Waals surface area contributed by atoms with Gasteiger partial charge in [0.2, 0.25) is 0 Å². The fourth-order valence-corrected chi connectivity index (χ4v) is 1.51. The smallest absolute Gasteiger partial charge is 0.392 e. The summed E-state index contributed by atoms with van der Waals surface area (Å²) in [4.78, 5) is 0. The van der Waals surface area contributed by atoms with E-state index in [1.165, 1.54) is 0 Å². The third-order valence-electron chi connectivity index (χ3n) is 2.08. The molecule has 0 saturated heterocycles. The SMILES string of the molecule is NCCc1cc(Cl)ccc1OCCC(F)(F)F. The molecule has 0 spiro atoms. The lowest BCUT2D eigenvalue weighted by Gasteiger charge is -2.12. The number of ether oxygens (including phenoxy) is 1. The summed E-state index contributed by atoms with van der Waals surface area (Å²) in [7, 11) is 0. The maximum atomic E-state index is 11.9. The Morgan fingerprint density at radius 2 is 2.00 bits per heavy atom. The first-order chi connectivity index (χ1) is 7.92. The van der Waals surface area contributed by atoms with Crippen molar-refractivity contribution in [3.05, 3.63) is 28.8 Å². The molecule has 0 unspecified atom stereocenters. The molecule has 0 bridgehead atoms. The molecule has 0 fully saturated rings. The van der Waals surface area contributed by atoms with E-state index in [0.717, 1.165) is 5.56 Å². The van der Waals surface area contributed by atoms with Gasteiger partial charge in [0.25, 0.3) is 0 Å². The standard InChI is InChI=1S/C11H13ClF3NO/c12-9-1-2-10(8(7-9)3-5-16)17-6-4-11(13,14)15/h1-2,7H,3-6,16H2. The second-order valence-electron chi connectivity index (χ2n) is 3.50.